The van der Waals surface area contributed by atoms with Crippen molar-refractivity contribution in [3.05, 3.63) is 63.8 Å². The molecule has 2 saturated heterocycles. The Bertz CT molecular complexity index is 1290. The predicted molar refractivity (Wildman–Crippen MR) is 142 cm³/mol. The molecular weight excluding hydrogens is 539 g/mol. The molecule has 5 rings (SSSR count). The summed E-state index contributed by atoms with van der Waals surface area (Å²) in [7, 11) is 0. The third-order valence-electron chi connectivity index (χ3n) is 7.09. The predicted octanol–water partition coefficient (Wildman–Crippen LogP) is 4.98. The lowest BCUT2D eigenvalue weighted by Gasteiger charge is -2.31. The number of likely N-dealkylation sites (tertiary alicyclic amines) is 1. The number of fused-ring (bicyclic) bond motifs is 1. The zero-order valence-corrected chi connectivity index (χ0v) is 22.2. The van der Waals surface area contributed by atoms with Gasteiger partial charge < -0.3 is 29.4 Å². The van der Waals surface area contributed by atoms with E-state index in [0.29, 0.717) is 47.3 Å². The number of anilines is 1. The molecule has 0 radical (unpaired) electrons. The van der Waals surface area contributed by atoms with Gasteiger partial charge in [0.25, 0.3) is 5.91 Å². The van der Waals surface area contributed by atoms with E-state index < -0.39 is 29.7 Å². The number of benzene rings is 2. The van der Waals surface area contributed by atoms with E-state index in [0.717, 1.165) is 37.7 Å². The molecule has 7 nitrogen and oxygen atoms in total. The second-order valence-corrected chi connectivity index (χ2v) is 10.6. The SMILES string of the molecule is O=C(NC(CN1CCCC1)C(O)c1ccc(N2CCOCC2)c(Cl)c1)C(F)(F)c1cc2cc(Cl)ccc2o1. The van der Waals surface area contributed by atoms with Crippen LogP contribution in [0, 0.1) is 0 Å². The van der Waals surface area contributed by atoms with Gasteiger partial charge in [0, 0.05) is 30.0 Å². The van der Waals surface area contributed by atoms with E-state index in [9.17, 15) is 9.90 Å². The van der Waals surface area contributed by atoms with Crippen LogP contribution < -0.4 is 10.2 Å². The van der Waals surface area contributed by atoms with Crippen molar-refractivity contribution in [2.24, 2.45) is 0 Å². The van der Waals surface area contributed by atoms with Crippen molar-refractivity contribution >= 4 is 45.8 Å². The number of nitrogens with zero attached hydrogens (tertiary/aromatic N) is 2. The number of hydrogen-bond donors (Lipinski definition) is 2. The number of furan rings is 1. The van der Waals surface area contributed by atoms with Crippen molar-refractivity contribution < 1.29 is 27.8 Å². The Morgan fingerprint density at radius 1 is 1.05 bits per heavy atom. The third-order valence-corrected chi connectivity index (χ3v) is 7.63. The Morgan fingerprint density at radius 3 is 2.50 bits per heavy atom. The summed E-state index contributed by atoms with van der Waals surface area (Å²) in [6, 6.07) is 9.73. The van der Waals surface area contributed by atoms with Gasteiger partial charge in [0.05, 0.1) is 30.0 Å². The van der Waals surface area contributed by atoms with E-state index in [1.165, 1.54) is 18.2 Å². The molecule has 38 heavy (non-hydrogen) atoms. The van der Waals surface area contributed by atoms with Gasteiger partial charge in [-0.1, -0.05) is 29.3 Å². The van der Waals surface area contributed by atoms with Gasteiger partial charge in [0.15, 0.2) is 5.76 Å². The largest absolute Gasteiger partial charge is 0.454 e. The summed E-state index contributed by atoms with van der Waals surface area (Å²) in [5, 5.41) is 14.8. The standard InChI is InChI=1S/C27H29Cl2F2N3O4/c28-19-4-6-23-18(13-19)15-24(38-23)27(30,31)26(36)32-21(16-33-7-1-2-8-33)25(35)17-3-5-22(20(29)14-17)34-9-11-37-12-10-34/h3-6,13-15,21,25,35H,1-2,7-12,16H2,(H,32,36). The van der Waals surface area contributed by atoms with Crippen molar-refractivity contribution in [3.8, 4) is 0 Å². The van der Waals surface area contributed by atoms with Crippen LogP contribution in [0.2, 0.25) is 10.0 Å². The van der Waals surface area contributed by atoms with Crippen LogP contribution in [0.25, 0.3) is 11.0 Å². The molecule has 2 aliphatic heterocycles. The summed E-state index contributed by atoms with van der Waals surface area (Å²) in [5.74, 6) is -6.31. The molecule has 11 heteroatoms. The number of aliphatic hydroxyl groups excluding tert-OH is 1. The molecule has 3 heterocycles. The van der Waals surface area contributed by atoms with Gasteiger partial charge in [-0.25, -0.2) is 0 Å². The zero-order chi connectivity index (χ0) is 26.9. The number of carbonyl (C=O) groups is 1. The van der Waals surface area contributed by atoms with E-state index in [-0.39, 0.29) is 12.1 Å². The first kappa shape index (κ1) is 27.1. The van der Waals surface area contributed by atoms with Crippen molar-refractivity contribution in [1.29, 1.82) is 0 Å². The molecule has 0 aliphatic carbocycles. The molecule has 1 amide bonds. The van der Waals surface area contributed by atoms with Crippen LogP contribution in [0.15, 0.2) is 46.9 Å². The number of alkyl halides is 2. The Hall–Kier alpha value is -2.43. The maximum atomic E-state index is 15.3. The number of ether oxygens (including phenoxy) is 1. The molecule has 1 aromatic heterocycles. The monoisotopic (exact) mass is 567 g/mol. The minimum Gasteiger partial charge on any atom is -0.454 e. The number of rotatable bonds is 8. The summed E-state index contributed by atoms with van der Waals surface area (Å²) in [6.07, 6.45) is 0.671. The van der Waals surface area contributed by atoms with E-state index in [1.54, 1.807) is 18.2 Å². The van der Waals surface area contributed by atoms with Gasteiger partial charge in [0.2, 0.25) is 0 Å². The number of halogens is 4. The molecule has 2 aliphatic rings. The number of amides is 1. The highest BCUT2D eigenvalue weighted by Gasteiger charge is 2.46. The molecule has 0 saturated carbocycles. The summed E-state index contributed by atoms with van der Waals surface area (Å²) < 4.78 is 41.2. The number of morpholine rings is 1. The van der Waals surface area contributed by atoms with Crippen LogP contribution in [-0.2, 0) is 15.5 Å². The van der Waals surface area contributed by atoms with E-state index in [1.807, 2.05) is 4.90 Å². The Kier molecular flexibility index (Phi) is 8.11. The lowest BCUT2D eigenvalue weighted by Crippen LogP contribution is -2.50. The third kappa shape index (κ3) is 5.77. The number of hydrogen-bond acceptors (Lipinski definition) is 6. The van der Waals surface area contributed by atoms with E-state index >= 15 is 8.78 Å². The Balaban J connectivity index is 1.37. The fourth-order valence-corrected chi connectivity index (χ4v) is 5.50. The minimum absolute atomic E-state index is 0.195. The first-order valence-electron chi connectivity index (χ1n) is 12.6. The molecule has 2 unspecified atom stereocenters. The molecule has 2 N–H and O–H groups in total. The van der Waals surface area contributed by atoms with Gasteiger partial charge in [-0.3, -0.25) is 4.79 Å². The van der Waals surface area contributed by atoms with Crippen LogP contribution in [0.5, 0.6) is 0 Å². The molecule has 0 bridgehead atoms. The van der Waals surface area contributed by atoms with Crippen molar-refractivity contribution in [1.82, 2.24) is 10.2 Å². The summed E-state index contributed by atoms with van der Waals surface area (Å²) in [5.41, 5.74) is 1.43. The topological polar surface area (TPSA) is 78.2 Å². The van der Waals surface area contributed by atoms with Crippen molar-refractivity contribution in [3.63, 3.8) is 0 Å². The normalized spacial score (nSPS) is 18.6. The molecule has 2 aromatic carbocycles. The molecule has 204 valence electrons. The number of carbonyl (C=O) groups excluding carboxylic acids is 1. The van der Waals surface area contributed by atoms with Crippen LogP contribution >= 0.6 is 23.2 Å². The second-order valence-electron chi connectivity index (χ2n) is 9.71. The summed E-state index contributed by atoms with van der Waals surface area (Å²) >= 11 is 12.5. The van der Waals surface area contributed by atoms with Gasteiger partial charge in [-0.15, -0.1) is 0 Å². The molecule has 3 aromatic rings. The van der Waals surface area contributed by atoms with Crippen molar-refractivity contribution in [2.45, 2.75) is 30.9 Å². The fourth-order valence-electron chi connectivity index (χ4n) is 5.01. The summed E-state index contributed by atoms with van der Waals surface area (Å²) in [6.45, 7) is 4.31. The number of nitrogens with one attached hydrogen (secondary N) is 1. The van der Waals surface area contributed by atoms with Crippen LogP contribution in [-0.4, -0.2) is 67.9 Å². The van der Waals surface area contributed by atoms with Gasteiger partial charge in [0.1, 0.15) is 11.7 Å². The average molecular weight is 568 g/mol. The van der Waals surface area contributed by atoms with Crippen LogP contribution in [0.4, 0.5) is 14.5 Å². The first-order chi connectivity index (χ1) is 18.2. The quantitative estimate of drug-likeness (QED) is 0.399. The molecular formula is C27H29Cl2F2N3O4. The van der Waals surface area contributed by atoms with Gasteiger partial charge in [-0.05, 0) is 67.9 Å². The first-order valence-corrected chi connectivity index (χ1v) is 13.4. The van der Waals surface area contributed by atoms with Gasteiger partial charge >= 0.3 is 5.92 Å². The van der Waals surface area contributed by atoms with E-state index in [4.69, 9.17) is 32.4 Å². The Labute approximate surface area is 229 Å². The second kappa shape index (κ2) is 11.4. The number of aliphatic hydroxyl groups is 1. The van der Waals surface area contributed by atoms with E-state index in [2.05, 4.69) is 10.2 Å². The zero-order valence-electron chi connectivity index (χ0n) is 20.6. The highest BCUT2D eigenvalue weighted by molar-refractivity contribution is 6.33. The smallest absolute Gasteiger partial charge is 0.380 e. The van der Waals surface area contributed by atoms with Crippen molar-refractivity contribution in [2.75, 3.05) is 50.8 Å². The minimum atomic E-state index is -3.97. The average Bonchev–Trinajstić information content (AvgIpc) is 3.58. The lowest BCUT2D eigenvalue weighted by molar-refractivity contribution is -0.151. The maximum absolute atomic E-state index is 15.3. The van der Waals surface area contributed by atoms with Crippen LogP contribution in [0.3, 0.4) is 0 Å². The maximum Gasteiger partial charge on any atom is 0.380 e. The Morgan fingerprint density at radius 2 is 1.79 bits per heavy atom. The fraction of sp³-hybridized carbons (Fsp3) is 0.444. The summed E-state index contributed by atoms with van der Waals surface area (Å²) in [4.78, 5) is 17.1. The molecule has 2 atom stereocenters. The molecule has 0 spiro atoms. The van der Waals surface area contributed by atoms with Crippen LogP contribution in [0.1, 0.15) is 30.3 Å². The lowest BCUT2D eigenvalue weighted by atomic mass is 10.0. The molecule has 2 fully saturated rings. The highest BCUT2D eigenvalue weighted by atomic mass is 35.5. The highest BCUT2D eigenvalue weighted by Crippen LogP contribution is 2.35. The van der Waals surface area contributed by atoms with Gasteiger partial charge in [-0.2, -0.15) is 8.78 Å².